The smallest absolute Gasteiger partial charge is 0.126 e. The summed E-state index contributed by atoms with van der Waals surface area (Å²) in [4.78, 5) is 0. The van der Waals surface area contributed by atoms with Crippen molar-refractivity contribution in [2.45, 2.75) is 47.0 Å². The van der Waals surface area contributed by atoms with Crippen molar-refractivity contribution >= 4 is 0 Å². The van der Waals surface area contributed by atoms with E-state index in [1.54, 1.807) is 12.1 Å². The molecule has 1 N–H and O–H groups in total. The summed E-state index contributed by atoms with van der Waals surface area (Å²) in [7, 11) is 0. The lowest BCUT2D eigenvalue weighted by molar-refractivity contribution is 0.240. The van der Waals surface area contributed by atoms with E-state index in [1.165, 1.54) is 0 Å². The molecular formula is C17H28FN. The van der Waals surface area contributed by atoms with Crippen LogP contribution in [0.3, 0.4) is 0 Å². The van der Waals surface area contributed by atoms with Gasteiger partial charge in [-0.05, 0) is 48.8 Å². The van der Waals surface area contributed by atoms with Gasteiger partial charge in [0.1, 0.15) is 5.82 Å². The van der Waals surface area contributed by atoms with Gasteiger partial charge in [-0.1, -0.05) is 45.9 Å². The van der Waals surface area contributed by atoms with Crippen LogP contribution in [0.5, 0.6) is 0 Å². The first kappa shape index (κ1) is 16.2. The molecule has 0 bridgehead atoms. The van der Waals surface area contributed by atoms with Crippen molar-refractivity contribution in [3.8, 4) is 0 Å². The van der Waals surface area contributed by atoms with Crippen LogP contribution < -0.4 is 5.32 Å². The number of rotatable bonds is 8. The molecule has 0 aromatic heterocycles. The van der Waals surface area contributed by atoms with Crippen molar-refractivity contribution in [1.29, 1.82) is 0 Å². The van der Waals surface area contributed by atoms with E-state index in [1.807, 2.05) is 12.1 Å². The van der Waals surface area contributed by atoms with Gasteiger partial charge in [0.2, 0.25) is 0 Å². The molecule has 0 unspecified atom stereocenters. The second-order valence-electron chi connectivity index (χ2n) is 6.00. The van der Waals surface area contributed by atoms with Crippen LogP contribution in [0, 0.1) is 17.2 Å². The molecule has 1 nitrogen and oxygen atoms in total. The topological polar surface area (TPSA) is 12.0 Å². The molecule has 0 aliphatic heterocycles. The average Bonchev–Trinajstić information content (AvgIpc) is 2.39. The minimum absolute atomic E-state index is 0.0716. The van der Waals surface area contributed by atoms with Gasteiger partial charge in [-0.15, -0.1) is 0 Å². The number of nitrogens with one attached hydrogen (secondary N) is 1. The van der Waals surface area contributed by atoms with Crippen LogP contribution in [0.4, 0.5) is 4.39 Å². The van der Waals surface area contributed by atoms with Crippen molar-refractivity contribution < 1.29 is 4.39 Å². The Morgan fingerprint density at radius 2 is 1.79 bits per heavy atom. The molecule has 0 aliphatic rings. The Morgan fingerprint density at radius 3 is 2.32 bits per heavy atom. The van der Waals surface area contributed by atoms with E-state index in [0.29, 0.717) is 5.92 Å². The first-order valence-corrected chi connectivity index (χ1v) is 7.47. The standard InChI is InChI=1S/C17H28FN/c1-5-17(6-2,13-19-12-14(3)4)11-15-9-7-8-10-16(15)18/h7-10,14,19H,5-6,11-13H2,1-4H3. The number of halogens is 1. The van der Waals surface area contributed by atoms with E-state index < -0.39 is 0 Å². The molecule has 0 saturated heterocycles. The van der Waals surface area contributed by atoms with E-state index in [-0.39, 0.29) is 11.2 Å². The Labute approximate surface area is 117 Å². The third-order valence-corrected chi connectivity index (χ3v) is 4.08. The lowest BCUT2D eigenvalue weighted by Crippen LogP contribution is -2.37. The van der Waals surface area contributed by atoms with E-state index >= 15 is 0 Å². The van der Waals surface area contributed by atoms with Gasteiger partial charge in [0, 0.05) is 6.54 Å². The van der Waals surface area contributed by atoms with Gasteiger partial charge in [-0.3, -0.25) is 0 Å². The molecule has 0 atom stereocenters. The summed E-state index contributed by atoms with van der Waals surface area (Å²) < 4.78 is 13.8. The molecule has 1 aromatic carbocycles. The summed E-state index contributed by atoms with van der Waals surface area (Å²) in [6.07, 6.45) is 2.96. The van der Waals surface area contributed by atoms with E-state index in [0.717, 1.165) is 37.9 Å². The Balaban J connectivity index is 2.73. The van der Waals surface area contributed by atoms with Gasteiger partial charge < -0.3 is 5.32 Å². The molecule has 19 heavy (non-hydrogen) atoms. The second-order valence-corrected chi connectivity index (χ2v) is 6.00. The van der Waals surface area contributed by atoms with Crippen molar-refractivity contribution in [2.24, 2.45) is 11.3 Å². The zero-order valence-corrected chi connectivity index (χ0v) is 12.8. The van der Waals surface area contributed by atoms with Crippen molar-refractivity contribution in [2.75, 3.05) is 13.1 Å². The van der Waals surface area contributed by atoms with E-state index in [2.05, 4.69) is 33.0 Å². The first-order chi connectivity index (χ1) is 9.03. The van der Waals surface area contributed by atoms with Crippen LogP contribution in [0.2, 0.25) is 0 Å². The maximum atomic E-state index is 13.8. The van der Waals surface area contributed by atoms with Gasteiger partial charge in [-0.2, -0.15) is 0 Å². The van der Waals surface area contributed by atoms with Crippen LogP contribution in [-0.2, 0) is 6.42 Å². The summed E-state index contributed by atoms with van der Waals surface area (Å²) in [5.41, 5.74) is 1.01. The van der Waals surface area contributed by atoms with E-state index in [9.17, 15) is 4.39 Å². The number of hydrogen-bond donors (Lipinski definition) is 1. The Hall–Kier alpha value is -0.890. The van der Waals surface area contributed by atoms with Crippen LogP contribution >= 0.6 is 0 Å². The first-order valence-electron chi connectivity index (χ1n) is 7.47. The number of benzene rings is 1. The highest BCUT2D eigenvalue weighted by molar-refractivity contribution is 5.19. The minimum atomic E-state index is -0.0716. The molecule has 108 valence electrons. The van der Waals surface area contributed by atoms with Gasteiger partial charge in [-0.25, -0.2) is 4.39 Å². The van der Waals surface area contributed by atoms with Gasteiger partial charge >= 0.3 is 0 Å². The summed E-state index contributed by atoms with van der Waals surface area (Å²) in [5, 5.41) is 3.54. The van der Waals surface area contributed by atoms with Gasteiger partial charge in [0.05, 0.1) is 0 Å². The van der Waals surface area contributed by atoms with Crippen molar-refractivity contribution in [3.63, 3.8) is 0 Å². The third kappa shape index (κ3) is 4.94. The fraction of sp³-hybridized carbons (Fsp3) is 0.647. The summed E-state index contributed by atoms with van der Waals surface area (Å²) in [6.45, 7) is 10.8. The van der Waals surface area contributed by atoms with Crippen LogP contribution in [0.1, 0.15) is 46.1 Å². The van der Waals surface area contributed by atoms with E-state index in [4.69, 9.17) is 0 Å². The molecule has 2 heteroatoms. The highest BCUT2D eigenvalue weighted by Gasteiger charge is 2.27. The molecule has 0 amide bonds. The van der Waals surface area contributed by atoms with Crippen LogP contribution in [0.15, 0.2) is 24.3 Å². The summed E-state index contributed by atoms with van der Waals surface area (Å²) >= 11 is 0. The SMILES string of the molecule is CCC(CC)(CNCC(C)C)Cc1ccccc1F. The largest absolute Gasteiger partial charge is 0.316 e. The maximum absolute atomic E-state index is 13.8. The summed E-state index contributed by atoms with van der Waals surface area (Å²) in [5.74, 6) is 0.581. The van der Waals surface area contributed by atoms with Gasteiger partial charge in [0.15, 0.2) is 0 Å². The zero-order chi connectivity index (χ0) is 14.3. The van der Waals surface area contributed by atoms with Crippen molar-refractivity contribution in [1.82, 2.24) is 5.32 Å². The Kier molecular flexibility index (Phi) is 6.50. The minimum Gasteiger partial charge on any atom is -0.316 e. The lowest BCUT2D eigenvalue weighted by atomic mass is 9.76. The molecule has 1 rings (SSSR count). The molecule has 0 fully saturated rings. The fourth-order valence-corrected chi connectivity index (χ4v) is 2.48. The Morgan fingerprint density at radius 1 is 1.16 bits per heavy atom. The van der Waals surface area contributed by atoms with Crippen LogP contribution in [0.25, 0.3) is 0 Å². The highest BCUT2D eigenvalue weighted by Crippen LogP contribution is 2.31. The zero-order valence-electron chi connectivity index (χ0n) is 12.8. The lowest BCUT2D eigenvalue weighted by Gasteiger charge is -2.33. The summed E-state index contributed by atoms with van der Waals surface area (Å²) in [6, 6.07) is 7.16. The second kappa shape index (κ2) is 7.64. The van der Waals surface area contributed by atoms with Crippen LogP contribution in [-0.4, -0.2) is 13.1 Å². The predicted octanol–water partition coefficient (Wildman–Crippen LogP) is 4.42. The molecule has 0 spiro atoms. The molecule has 0 saturated carbocycles. The molecular weight excluding hydrogens is 237 g/mol. The molecule has 0 aliphatic carbocycles. The third-order valence-electron chi connectivity index (χ3n) is 4.08. The molecule has 0 radical (unpaired) electrons. The van der Waals surface area contributed by atoms with Crippen molar-refractivity contribution in [3.05, 3.63) is 35.6 Å². The van der Waals surface area contributed by atoms with Gasteiger partial charge in [0.25, 0.3) is 0 Å². The Bertz CT molecular complexity index is 369. The average molecular weight is 265 g/mol. The quantitative estimate of drug-likeness (QED) is 0.733. The number of hydrogen-bond acceptors (Lipinski definition) is 1. The highest BCUT2D eigenvalue weighted by atomic mass is 19.1. The molecule has 1 aromatic rings. The molecule has 0 heterocycles. The maximum Gasteiger partial charge on any atom is 0.126 e. The normalized spacial score (nSPS) is 12.1. The predicted molar refractivity (Wildman–Crippen MR) is 80.8 cm³/mol. The monoisotopic (exact) mass is 265 g/mol. The fourth-order valence-electron chi connectivity index (χ4n) is 2.48.